The number of ether oxygens (including phenoxy) is 2. The second-order valence-electron chi connectivity index (χ2n) is 5.48. The van der Waals surface area contributed by atoms with Crippen molar-refractivity contribution in [1.82, 2.24) is 10.3 Å². The van der Waals surface area contributed by atoms with E-state index in [2.05, 4.69) is 35.1 Å². The monoisotopic (exact) mass is 279 g/mol. The van der Waals surface area contributed by atoms with Gasteiger partial charge in [-0.15, -0.1) is 0 Å². The molecule has 0 bridgehead atoms. The van der Waals surface area contributed by atoms with E-state index in [-0.39, 0.29) is 12.2 Å². The van der Waals surface area contributed by atoms with Crippen LogP contribution in [0.1, 0.15) is 19.4 Å². The van der Waals surface area contributed by atoms with Gasteiger partial charge in [0.25, 0.3) is 0 Å². The van der Waals surface area contributed by atoms with Crippen molar-refractivity contribution < 1.29 is 9.47 Å². The number of nitrogens with zero attached hydrogens (tertiary/aromatic N) is 2. The van der Waals surface area contributed by atoms with E-state index in [0.29, 0.717) is 6.04 Å². The SMILES string of the molecule is COC1CN(c2ncccc2CNC(C)C)CC1OC. The molecule has 0 radical (unpaired) electrons. The molecule has 2 rings (SSSR count). The highest BCUT2D eigenvalue weighted by atomic mass is 16.5. The summed E-state index contributed by atoms with van der Waals surface area (Å²) in [7, 11) is 3.47. The van der Waals surface area contributed by atoms with Crippen LogP contribution < -0.4 is 10.2 Å². The normalized spacial score (nSPS) is 22.8. The predicted octanol–water partition coefficient (Wildman–Crippen LogP) is 1.43. The van der Waals surface area contributed by atoms with Crippen molar-refractivity contribution in [1.29, 1.82) is 0 Å². The smallest absolute Gasteiger partial charge is 0.133 e. The van der Waals surface area contributed by atoms with Crippen LogP contribution in [-0.4, -0.2) is 50.5 Å². The van der Waals surface area contributed by atoms with Gasteiger partial charge in [-0.1, -0.05) is 19.9 Å². The van der Waals surface area contributed by atoms with Crippen LogP contribution in [0.2, 0.25) is 0 Å². The highest BCUT2D eigenvalue weighted by molar-refractivity contribution is 5.48. The zero-order chi connectivity index (χ0) is 14.5. The number of hydrogen-bond donors (Lipinski definition) is 1. The fourth-order valence-corrected chi connectivity index (χ4v) is 2.54. The Morgan fingerprint density at radius 2 is 1.95 bits per heavy atom. The molecule has 5 nitrogen and oxygen atoms in total. The summed E-state index contributed by atoms with van der Waals surface area (Å²) in [5, 5.41) is 3.45. The highest BCUT2D eigenvalue weighted by Crippen LogP contribution is 2.24. The van der Waals surface area contributed by atoms with Crippen molar-refractivity contribution in [3.63, 3.8) is 0 Å². The minimum atomic E-state index is 0.105. The molecule has 112 valence electrons. The van der Waals surface area contributed by atoms with E-state index < -0.39 is 0 Å². The molecule has 1 N–H and O–H groups in total. The van der Waals surface area contributed by atoms with Gasteiger partial charge in [-0.05, 0) is 6.07 Å². The molecule has 1 aliphatic rings. The Morgan fingerprint density at radius 1 is 1.30 bits per heavy atom. The number of hydrogen-bond acceptors (Lipinski definition) is 5. The van der Waals surface area contributed by atoms with Gasteiger partial charge in [-0.2, -0.15) is 0 Å². The molecule has 1 aliphatic heterocycles. The molecule has 0 amide bonds. The number of nitrogens with one attached hydrogen (secondary N) is 1. The van der Waals surface area contributed by atoms with E-state index in [0.717, 1.165) is 25.5 Å². The van der Waals surface area contributed by atoms with Crippen LogP contribution in [0.5, 0.6) is 0 Å². The zero-order valence-corrected chi connectivity index (χ0v) is 12.8. The Kier molecular flexibility index (Phi) is 5.34. The van der Waals surface area contributed by atoms with Gasteiger partial charge in [-0.25, -0.2) is 4.98 Å². The molecule has 0 spiro atoms. The second kappa shape index (κ2) is 7.02. The molecule has 2 atom stereocenters. The molecule has 1 fully saturated rings. The molecule has 1 aromatic heterocycles. The van der Waals surface area contributed by atoms with Crippen molar-refractivity contribution in [3.8, 4) is 0 Å². The first-order valence-electron chi connectivity index (χ1n) is 7.13. The largest absolute Gasteiger partial charge is 0.377 e. The van der Waals surface area contributed by atoms with Crippen molar-refractivity contribution in [2.75, 3.05) is 32.2 Å². The molecular weight excluding hydrogens is 254 g/mol. The third kappa shape index (κ3) is 3.48. The summed E-state index contributed by atoms with van der Waals surface area (Å²) in [6, 6.07) is 4.57. The fourth-order valence-electron chi connectivity index (χ4n) is 2.54. The molecule has 2 heterocycles. The number of pyridine rings is 1. The first-order chi connectivity index (χ1) is 9.65. The summed E-state index contributed by atoms with van der Waals surface area (Å²) in [6.45, 7) is 6.76. The van der Waals surface area contributed by atoms with Gasteiger partial charge in [0.1, 0.15) is 18.0 Å². The van der Waals surface area contributed by atoms with Crippen molar-refractivity contribution in [3.05, 3.63) is 23.9 Å². The van der Waals surface area contributed by atoms with Crippen LogP contribution >= 0.6 is 0 Å². The number of aromatic nitrogens is 1. The van der Waals surface area contributed by atoms with E-state index in [9.17, 15) is 0 Å². The summed E-state index contributed by atoms with van der Waals surface area (Å²) in [4.78, 5) is 6.80. The van der Waals surface area contributed by atoms with E-state index in [1.165, 1.54) is 5.56 Å². The third-order valence-electron chi connectivity index (χ3n) is 3.69. The predicted molar refractivity (Wildman–Crippen MR) is 80.0 cm³/mol. The molecule has 1 aromatic rings. The Labute approximate surface area is 121 Å². The van der Waals surface area contributed by atoms with Gasteiger partial charge in [-0.3, -0.25) is 0 Å². The molecule has 0 aromatic carbocycles. The maximum atomic E-state index is 5.49. The van der Waals surface area contributed by atoms with Crippen LogP contribution in [0.3, 0.4) is 0 Å². The second-order valence-corrected chi connectivity index (χ2v) is 5.48. The Bertz CT molecular complexity index is 413. The first-order valence-corrected chi connectivity index (χ1v) is 7.13. The lowest BCUT2D eigenvalue weighted by molar-refractivity contribution is -0.00461. The molecule has 0 saturated carbocycles. The van der Waals surface area contributed by atoms with Gasteiger partial charge < -0.3 is 19.7 Å². The quantitative estimate of drug-likeness (QED) is 0.853. The summed E-state index contributed by atoms with van der Waals surface area (Å²) in [5.74, 6) is 1.03. The third-order valence-corrected chi connectivity index (χ3v) is 3.69. The van der Waals surface area contributed by atoms with Gasteiger partial charge in [0.2, 0.25) is 0 Å². The molecule has 2 unspecified atom stereocenters. The molecule has 0 aliphatic carbocycles. The highest BCUT2D eigenvalue weighted by Gasteiger charge is 2.34. The fraction of sp³-hybridized carbons (Fsp3) is 0.667. The summed E-state index contributed by atoms with van der Waals surface area (Å²) >= 11 is 0. The molecular formula is C15H25N3O2. The number of methoxy groups -OCH3 is 2. The van der Waals surface area contributed by atoms with Crippen molar-refractivity contribution in [2.45, 2.75) is 38.6 Å². The topological polar surface area (TPSA) is 46.6 Å². The van der Waals surface area contributed by atoms with Crippen LogP contribution in [-0.2, 0) is 16.0 Å². The lowest BCUT2D eigenvalue weighted by Crippen LogP contribution is -2.27. The number of rotatable bonds is 6. The van der Waals surface area contributed by atoms with Gasteiger partial charge in [0.05, 0.1) is 0 Å². The van der Waals surface area contributed by atoms with Crippen LogP contribution in [0.25, 0.3) is 0 Å². The average Bonchev–Trinajstić information content (AvgIpc) is 2.88. The lowest BCUT2D eigenvalue weighted by Gasteiger charge is -2.21. The van der Waals surface area contributed by atoms with Crippen LogP contribution in [0.15, 0.2) is 18.3 Å². The summed E-state index contributed by atoms with van der Waals surface area (Å²) in [6.07, 6.45) is 2.05. The van der Waals surface area contributed by atoms with Gasteiger partial charge in [0, 0.05) is 51.7 Å². The number of anilines is 1. The van der Waals surface area contributed by atoms with Crippen LogP contribution in [0, 0.1) is 0 Å². The van der Waals surface area contributed by atoms with E-state index in [1.807, 2.05) is 12.3 Å². The maximum absolute atomic E-state index is 5.49. The van der Waals surface area contributed by atoms with E-state index in [1.54, 1.807) is 14.2 Å². The molecule has 5 heteroatoms. The minimum absolute atomic E-state index is 0.105. The molecule has 1 saturated heterocycles. The van der Waals surface area contributed by atoms with E-state index >= 15 is 0 Å². The summed E-state index contributed by atoms with van der Waals surface area (Å²) < 4.78 is 11.0. The Balaban J connectivity index is 2.12. The maximum Gasteiger partial charge on any atom is 0.133 e. The lowest BCUT2D eigenvalue weighted by atomic mass is 10.2. The Morgan fingerprint density at radius 3 is 2.50 bits per heavy atom. The van der Waals surface area contributed by atoms with Crippen LogP contribution in [0.4, 0.5) is 5.82 Å². The van der Waals surface area contributed by atoms with Gasteiger partial charge in [0.15, 0.2) is 0 Å². The van der Waals surface area contributed by atoms with Gasteiger partial charge >= 0.3 is 0 Å². The minimum Gasteiger partial charge on any atom is -0.377 e. The standard InChI is InChI=1S/C15H25N3O2/c1-11(2)17-8-12-6-5-7-16-15(12)18-9-13(19-3)14(10-18)20-4/h5-7,11,13-14,17H,8-10H2,1-4H3. The average molecular weight is 279 g/mol. The van der Waals surface area contributed by atoms with Crippen molar-refractivity contribution >= 4 is 5.82 Å². The Hall–Kier alpha value is -1.17. The van der Waals surface area contributed by atoms with Crippen molar-refractivity contribution in [2.24, 2.45) is 0 Å². The molecule has 20 heavy (non-hydrogen) atoms. The van der Waals surface area contributed by atoms with E-state index in [4.69, 9.17) is 9.47 Å². The zero-order valence-electron chi connectivity index (χ0n) is 12.8. The summed E-state index contributed by atoms with van der Waals surface area (Å²) in [5.41, 5.74) is 1.22. The first kappa shape index (κ1) is 15.2.